The largest absolute Gasteiger partial charge is 0.347 e. The maximum absolute atomic E-state index is 13.0. The molecule has 0 aliphatic carbocycles. The highest BCUT2D eigenvalue weighted by atomic mass is 32.2. The monoisotopic (exact) mass is 380 g/mol. The average molecular weight is 380 g/mol. The Hall–Kier alpha value is -2.03. The number of carbonyl (C=O) groups excluding carboxylic acids is 1. The van der Waals surface area contributed by atoms with Crippen molar-refractivity contribution in [1.29, 1.82) is 0 Å². The Labute approximate surface area is 149 Å². The fourth-order valence-corrected chi connectivity index (χ4v) is 4.55. The van der Waals surface area contributed by atoms with E-state index in [0.29, 0.717) is 18.5 Å². The Balaban J connectivity index is 1.63. The van der Waals surface area contributed by atoms with Crippen LogP contribution in [0.5, 0.6) is 0 Å². The predicted molar refractivity (Wildman–Crippen MR) is 94.0 cm³/mol. The maximum Gasteiger partial charge on any atom is 0.247 e. The van der Waals surface area contributed by atoms with Gasteiger partial charge in [-0.2, -0.15) is 4.31 Å². The molecular formula is C17H17FN2O3S2. The van der Waals surface area contributed by atoms with Crippen LogP contribution in [0.3, 0.4) is 0 Å². The van der Waals surface area contributed by atoms with Gasteiger partial charge in [0.2, 0.25) is 15.9 Å². The molecule has 8 heteroatoms. The molecule has 132 valence electrons. The number of sulfonamides is 1. The van der Waals surface area contributed by atoms with Crippen LogP contribution in [0.4, 0.5) is 4.39 Å². The SMILES string of the molecule is O=C(NCc1cccs1)C1=CCN(S(=O)(=O)c2ccc(F)cc2)CC1. The topological polar surface area (TPSA) is 66.5 Å². The van der Waals surface area contributed by atoms with E-state index >= 15 is 0 Å². The highest BCUT2D eigenvalue weighted by Crippen LogP contribution is 2.21. The lowest BCUT2D eigenvalue weighted by Gasteiger charge is -2.25. The van der Waals surface area contributed by atoms with E-state index in [1.807, 2.05) is 17.5 Å². The summed E-state index contributed by atoms with van der Waals surface area (Å²) in [5.74, 6) is -0.658. The van der Waals surface area contributed by atoms with E-state index < -0.39 is 15.8 Å². The zero-order valence-corrected chi connectivity index (χ0v) is 14.9. The Bertz CT molecular complexity index is 875. The summed E-state index contributed by atoms with van der Waals surface area (Å²) in [5.41, 5.74) is 0.585. The minimum Gasteiger partial charge on any atom is -0.347 e. The van der Waals surface area contributed by atoms with Crippen LogP contribution in [0.1, 0.15) is 11.3 Å². The molecule has 0 atom stereocenters. The molecular weight excluding hydrogens is 363 g/mol. The second-order valence-electron chi connectivity index (χ2n) is 5.56. The lowest BCUT2D eigenvalue weighted by molar-refractivity contribution is -0.117. The van der Waals surface area contributed by atoms with Gasteiger partial charge in [-0.1, -0.05) is 12.1 Å². The number of thiophene rings is 1. The first-order chi connectivity index (χ1) is 12.0. The van der Waals surface area contributed by atoms with Gasteiger partial charge in [0.1, 0.15) is 5.82 Å². The minimum atomic E-state index is -3.68. The molecule has 1 N–H and O–H groups in total. The van der Waals surface area contributed by atoms with Crippen molar-refractivity contribution in [3.63, 3.8) is 0 Å². The summed E-state index contributed by atoms with van der Waals surface area (Å²) in [6, 6.07) is 8.60. The molecule has 2 aromatic rings. The smallest absolute Gasteiger partial charge is 0.247 e. The first kappa shape index (κ1) is 17.8. The average Bonchev–Trinajstić information content (AvgIpc) is 3.14. The van der Waals surface area contributed by atoms with Crippen LogP contribution in [0.25, 0.3) is 0 Å². The van der Waals surface area contributed by atoms with E-state index in [4.69, 9.17) is 0 Å². The van der Waals surface area contributed by atoms with Crippen molar-refractivity contribution in [3.05, 3.63) is 64.1 Å². The van der Waals surface area contributed by atoms with Gasteiger partial charge in [0.05, 0.1) is 11.4 Å². The highest BCUT2D eigenvalue weighted by molar-refractivity contribution is 7.89. The van der Waals surface area contributed by atoms with Crippen LogP contribution in [0.2, 0.25) is 0 Å². The molecule has 0 saturated heterocycles. The van der Waals surface area contributed by atoms with Gasteiger partial charge in [0, 0.05) is 23.5 Å². The van der Waals surface area contributed by atoms with E-state index in [2.05, 4.69) is 5.32 Å². The number of halogens is 1. The van der Waals surface area contributed by atoms with E-state index in [1.165, 1.54) is 16.4 Å². The van der Waals surface area contributed by atoms with Crippen molar-refractivity contribution in [1.82, 2.24) is 9.62 Å². The molecule has 0 fully saturated rings. The number of hydrogen-bond acceptors (Lipinski definition) is 4. The molecule has 1 aromatic carbocycles. The summed E-state index contributed by atoms with van der Waals surface area (Å²) in [6.07, 6.45) is 1.98. The van der Waals surface area contributed by atoms with Crippen LogP contribution < -0.4 is 5.32 Å². The van der Waals surface area contributed by atoms with Gasteiger partial charge in [-0.25, -0.2) is 12.8 Å². The van der Waals surface area contributed by atoms with E-state index in [-0.39, 0.29) is 23.9 Å². The zero-order chi connectivity index (χ0) is 17.9. The molecule has 0 radical (unpaired) electrons. The molecule has 25 heavy (non-hydrogen) atoms. The summed E-state index contributed by atoms with van der Waals surface area (Å²) >= 11 is 1.57. The number of carbonyl (C=O) groups is 1. The fraction of sp³-hybridized carbons (Fsp3) is 0.235. The lowest BCUT2D eigenvalue weighted by Crippen LogP contribution is -2.37. The molecule has 1 aliphatic heterocycles. The summed E-state index contributed by atoms with van der Waals surface area (Å²) in [6.45, 7) is 0.810. The quantitative estimate of drug-likeness (QED) is 0.867. The van der Waals surface area contributed by atoms with Crippen molar-refractivity contribution in [2.75, 3.05) is 13.1 Å². The van der Waals surface area contributed by atoms with Gasteiger partial charge in [-0.05, 0) is 42.1 Å². The van der Waals surface area contributed by atoms with Crippen molar-refractivity contribution in [2.45, 2.75) is 17.9 Å². The van der Waals surface area contributed by atoms with E-state index in [1.54, 1.807) is 17.4 Å². The van der Waals surface area contributed by atoms with Crippen LogP contribution in [-0.2, 0) is 21.4 Å². The Morgan fingerprint density at radius 2 is 2.00 bits per heavy atom. The molecule has 0 unspecified atom stereocenters. The third-order valence-electron chi connectivity index (χ3n) is 3.92. The fourth-order valence-electron chi connectivity index (χ4n) is 2.52. The molecule has 0 spiro atoms. The van der Waals surface area contributed by atoms with Crippen LogP contribution >= 0.6 is 11.3 Å². The van der Waals surface area contributed by atoms with Gasteiger partial charge < -0.3 is 5.32 Å². The third kappa shape index (κ3) is 4.15. The van der Waals surface area contributed by atoms with Gasteiger partial charge >= 0.3 is 0 Å². The standard InChI is InChI=1S/C17H17FN2O3S2/c18-14-3-5-16(6-4-14)25(22,23)20-9-7-13(8-10-20)17(21)19-12-15-2-1-11-24-15/h1-7,11H,8-10,12H2,(H,19,21). The second kappa shape index (κ2) is 7.47. The molecule has 0 bridgehead atoms. The predicted octanol–water partition coefficient (Wildman–Crippen LogP) is 2.52. The second-order valence-corrected chi connectivity index (χ2v) is 8.53. The van der Waals surface area contributed by atoms with Crippen molar-refractivity contribution >= 4 is 27.3 Å². The summed E-state index contributed by atoms with van der Waals surface area (Å²) in [5, 5.41) is 4.78. The van der Waals surface area contributed by atoms with Crippen molar-refractivity contribution in [3.8, 4) is 0 Å². The van der Waals surface area contributed by atoms with Gasteiger partial charge in [0.25, 0.3) is 0 Å². The summed E-state index contributed by atoms with van der Waals surface area (Å²) in [7, 11) is -3.68. The van der Waals surface area contributed by atoms with E-state index in [9.17, 15) is 17.6 Å². The molecule has 3 rings (SSSR count). The Kier molecular flexibility index (Phi) is 5.31. The van der Waals surface area contributed by atoms with Crippen molar-refractivity contribution in [2.24, 2.45) is 0 Å². The maximum atomic E-state index is 13.0. The minimum absolute atomic E-state index is 0.0490. The molecule has 5 nitrogen and oxygen atoms in total. The Morgan fingerprint density at radius 1 is 1.24 bits per heavy atom. The third-order valence-corrected chi connectivity index (χ3v) is 6.67. The Morgan fingerprint density at radius 3 is 2.60 bits per heavy atom. The number of nitrogens with zero attached hydrogens (tertiary/aromatic N) is 1. The van der Waals surface area contributed by atoms with Gasteiger partial charge in [0.15, 0.2) is 0 Å². The van der Waals surface area contributed by atoms with Crippen LogP contribution in [-0.4, -0.2) is 31.7 Å². The van der Waals surface area contributed by atoms with Gasteiger partial charge in [-0.3, -0.25) is 4.79 Å². The van der Waals surface area contributed by atoms with Crippen LogP contribution in [0, 0.1) is 5.82 Å². The molecule has 1 aromatic heterocycles. The first-order valence-corrected chi connectivity index (χ1v) is 10.0. The molecule has 1 amide bonds. The summed E-state index contributed by atoms with van der Waals surface area (Å²) < 4.78 is 39.3. The van der Waals surface area contributed by atoms with E-state index in [0.717, 1.165) is 17.0 Å². The zero-order valence-electron chi connectivity index (χ0n) is 13.3. The number of rotatable bonds is 5. The lowest BCUT2D eigenvalue weighted by atomic mass is 10.1. The summed E-state index contributed by atoms with van der Waals surface area (Å²) in [4.78, 5) is 13.3. The normalized spacial score (nSPS) is 15.6. The van der Waals surface area contributed by atoms with Gasteiger partial charge in [-0.15, -0.1) is 11.3 Å². The number of nitrogens with one attached hydrogen (secondary N) is 1. The van der Waals surface area contributed by atoms with Crippen LogP contribution in [0.15, 0.2) is 58.3 Å². The number of benzene rings is 1. The molecule has 2 heterocycles. The number of amides is 1. The first-order valence-electron chi connectivity index (χ1n) is 7.72. The highest BCUT2D eigenvalue weighted by Gasteiger charge is 2.27. The van der Waals surface area contributed by atoms with Crippen molar-refractivity contribution < 1.29 is 17.6 Å². The molecule has 1 aliphatic rings. The number of hydrogen-bond donors (Lipinski definition) is 1. The molecule has 0 saturated carbocycles.